The van der Waals surface area contributed by atoms with E-state index in [9.17, 15) is 18.4 Å². The molecule has 9 heteroatoms. The van der Waals surface area contributed by atoms with Gasteiger partial charge in [0.2, 0.25) is 5.91 Å². The number of hydrogen-bond acceptors (Lipinski definition) is 4. The molecule has 0 spiro atoms. The first-order valence-electron chi connectivity index (χ1n) is 8.68. The lowest BCUT2D eigenvalue weighted by Crippen LogP contribution is -2.31. The Labute approximate surface area is 170 Å². The van der Waals surface area contributed by atoms with Crippen LogP contribution in [0, 0.1) is 11.6 Å². The predicted molar refractivity (Wildman–Crippen MR) is 109 cm³/mol. The summed E-state index contributed by atoms with van der Waals surface area (Å²) in [7, 11) is 0. The number of aromatic nitrogens is 1. The van der Waals surface area contributed by atoms with Crippen LogP contribution in [0.15, 0.2) is 47.8 Å². The molecule has 0 fully saturated rings. The lowest BCUT2D eigenvalue weighted by atomic mass is 10.2. The molecule has 150 valence electrons. The van der Waals surface area contributed by atoms with Crippen molar-refractivity contribution < 1.29 is 18.4 Å². The molecule has 0 saturated carbocycles. The van der Waals surface area contributed by atoms with Gasteiger partial charge in [-0.2, -0.15) is 0 Å². The van der Waals surface area contributed by atoms with Crippen LogP contribution in [0.25, 0.3) is 11.3 Å². The number of halogens is 2. The zero-order valence-electron chi connectivity index (χ0n) is 15.6. The summed E-state index contributed by atoms with van der Waals surface area (Å²) in [5.41, 5.74) is 1.27. The van der Waals surface area contributed by atoms with E-state index in [-0.39, 0.29) is 11.4 Å². The van der Waals surface area contributed by atoms with Gasteiger partial charge < -0.3 is 16.0 Å². The van der Waals surface area contributed by atoms with Crippen LogP contribution in [-0.4, -0.2) is 16.9 Å². The third kappa shape index (κ3) is 5.14. The van der Waals surface area contributed by atoms with Gasteiger partial charge in [0, 0.05) is 23.9 Å². The van der Waals surface area contributed by atoms with Gasteiger partial charge in [0.15, 0.2) is 0 Å². The Morgan fingerprint density at radius 3 is 2.34 bits per heavy atom. The Morgan fingerprint density at radius 1 is 1.03 bits per heavy atom. The summed E-state index contributed by atoms with van der Waals surface area (Å²) in [5, 5.41) is 9.79. The zero-order chi connectivity index (χ0) is 21.0. The highest BCUT2D eigenvalue weighted by atomic mass is 32.1. The maximum absolute atomic E-state index is 14.0. The minimum absolute atomic E-state index is 0.227. The second-order valence-corrected chi connectivity index (χ2v) is 7.14. The average Bonchev–Trinajstić information content (AvgIpc) is 3.16. The van der Waals surface area contributed by atoms with Crippen LogP contribution in [0.5, 0.6) is 0 Å². The Bertz CT molecular complexity index is 1040. The minimum atomic E-state index is -0.958. The van der Waals surface area contributed by atoms with Crippen molar-refractivity contribution in [2.75, 3.05) is 10.6 Å². The van der Waals surface area contributed by atoms with Crippen LogP contribution in [0.3, 0.4) is 0 Å². The molecule has 3 aromatic rings. The zero-order valence-corrected chi connectivity index (χ0v) is 16.4. The largest absolute Gasteiger partial charge is 0.329 e. The van der Waals surface area contributed by atoms with E-state index in [0.29, 0.717) is 11.1 Å². The molecule has 3 N–H and O–H groups in total. The number of nitrogens with one attached hydrogen (secondary N) is 3. The third-order valence-electron chi connectivity index (χ3n) is 3.93. The normalized spacial score (nSPS) is 11.6. The molecule has 0 radical (unpaired) electrons. The number of thiazole rings is 1. The number of carbonyl (C=O) groups excluding carboxylic acids is 2. The standard InChI is InChI=1S/C20H18F2N4O2S/c1-11(19-25-18(10-29-19)13-6-4-3-5-7-13)23-20(28)26-17-9-16(24-12(2)27)14(21)8-15(17)22/h3-11H,1-2H3,(H,24,27)(H2,23,26,28). The third-order valence-corrected chi connectivity index (χ3v) is 4.95. The van der Waals surface area contributed by atoms with E-state index in [1.54, 1.807) is 6.92 Å². The molecule has 0 aliphatic carbocycles. The number of nitrogens with zero attached hydrogens (tertiary/aromatic N) is 1. The lowest BCUT2D eigenvalue weighted by Gasteiger charge is -2.14. The molecule has 3 rings (SSSR count). The molecule has 1 aromatic heterocycles. The molecule has 0 aliphatic rings. The summed E-state index contributed by atoms with van der Waals surface area (Å²) in [6.07, 6.45) is 0. The topological polar surface area (TPSA) is 83.1 Å². The smallest absolute Gasteiger partial charge is 0.319 e. The van der Waals surface area contributed by atoms with Gasteiger partial charge in [0.05, 0.1) is 23.1 Å². The van der Waals surface area contributed by atoms with E-state index in [2.05, 4.69) is 20.9 Å². The molecule has 29 heavy (non-hydrogen) atoms. The van der Waals surface area contributed by atoms with Gasteiger partial charge in [0.25, 0.3) is 0 Å². The highest BCUT2D eigenvalue weighted by Crippen LogP contribution is 2.26. The van der Waals surface area contributed by atoms with Gasteiger partial charge in [-0.3, -0.25) is 4.79 Å². The molecular weight excluding hydrogens is 398 g/mol. The fourth-order valence-electron chi connectivity index (χ4n) is 2.57. The number of hydrogen-bond donors (Lipinski definition) is 3. The van der Waals surface area contributed by atoms with Crippen molar-refractivity contribution >= 4 is 34.6 Å². The van der Waals surface area contributed by atoms with Crippen molar-refractivity contribution in [1.82, 2.24) is 10.3 Å². The summed E-state index contributed by atoms with van der Waals surface area (Å²) in [6, 6.07) is 10.1. The maximum Gasteiger partial charge on any atom is 0.319 e. The van der Waals surface area contributed by atoms with Crippen molar-refractivity contribution in [2.24, 2.45) is 0 Å². The van der Waals surface area contributed by atoms with Crippen LogP contribution in [0.1, 0.15) is 24.9 Å². The number of urea groups is 1. The van der Waals surface area contributed by atoms with E-state index in [1.165, 1.54) is 18.3 Å². The van der Waals surface area contributed by atoms with Gasteiger partial charge in [0.1, 0.15) is 16.6 Å². The highest BCUT2D eigenvalue weighted by Gasteiger charge is 2.17. The first-order valence-corrected chi connectivity index (χ1v) is 9.56. The molecular formula is C20H18F2N4O2S. The summed E-state index contributed by atoms with van der Waals surface area (Å²) < 4.78 is 27.7. The van der Waals surface area contributed by atoms with Gasteiger partial charge in [-0.25, -0.2) is 18.6 Å². The number of rotatable bonds is 5. The molecule has 6 nitrogen and oxygen atoms in total. The van der Waals surface area contributed by atoms with E-state index in [1.807, 2.05) is 35.7 Å². The molecule has 2 aromatic carbocycles. The Balaban J connectivity index is 1.68. The van der Waals surface area contributed by atoms with E-state index >= 15 is 0 Å². The van der Waals surface area contributed by atoms with Gasteiger partial charge in [-0.15, -0.1) is 11.3 Å². The Hall–Kier alpha value is -3.33. The molecule has 0 aliphatic heterocycles. The summed E-state index contributed by atoms with van der Waals surface area (Å²) in [5.74, 6) is -2.41. The number of amides is 3. The van der Waals surface area contributed by atoms with Crippen LogP contribution in [-0.2, 0) is 4.79 Å². The van der Waals surface area contributed by atoms with Crippen LogP contribution < -0.4 is 16.0 Å². The summed E-state index contributed by atoms with van der Waals surface area (Å²) in [4.78, 5) is 27.9. The molecule has 1 unspecified atom stereocenters. The summed E-state index contributed by atoms with van der Waals surface area (Å²) >= 11 is 1.39. The molecule has 0 saturated heterocycles. The second-order valence-electron chi connectivity index (χ2n) is 6.25. The van der Waals surface area contributed by atoms with Crippen molar-refractivity contribution in [1.29, 1.82) is 0 Å². The molecule has 0 bridgehead atoms. The Kier molecular flexibility index (Phi) is 6.18. The first kappa shape index (κ1) is 20.4. The summed E-state index contributed by atoms with van der Waals surface area (Å²) in [6.45, 7) is 2.94. The number of carbonyl (C=O) groups is 2. The first-order chi connectivity index (χ1) is 13.8. The molecule has 3 amide bonds. The van der Waals surface area contributed by atoms with E-state index in [4.69, 9.17) is 0 Å². The fourth-order valence-corrected chi connectivity index (χ4v) is 3.41. The van der Waals surface area contributed by atoms with E-state index < -0.39 is 29.6 Å². The quantitative estimate of drug-likeness (QED) is 0.552. The van der Waals surface area contributed by atoms with Gasteiger partial charge in [-0.05, 0) is 13.0 Å². The fraction of sp³-hybridized carbons (Fsp3) is 0.150. The van der Waals surface area contributed by atoms with Crippen LogP contribution in [0.2, 0.25) is 0 Å². The van der Waals surface area contributed by atoms with Crippen LogP contribution >= 0.6 is 11.3 Å². The van der Waals surface area contributed by atoms with Crippen molar-refractivity contribution in [3.05, 3.63) is 64.5 Å². The highest BCUT2D eigenvalue weighted by molar-refractivity contribution is 7.10. The van der Waals surface area contributed by atoms with Crippen molar-refractivity contribution in [3.63, 3.8) is 0 Å². The Morgan fingerprint density at radius 2 is 1.69 bits per heavy atom. The van der Waals surface area contributed by atoms with Crippen molar-refractivity contribution in [2.45, 2.75) is 19.9 Å². The maximum atomic E-state index is 14.0. The average molecular weight is 416 g/mol. The van der Waals surface area contributed by atoms with Crippen LogP contribution in [0.4, 0.5) is 25.0 Å². The molecule has 1 heterocycles. The minimum Gasteiger partial charge on any atom is -0.329 e. The molecule has 1 atom stereocenters. The SMILES string of the molecule is CC(=O)Nc1cc(NC(=O)NC(C)c2nc(-c3ccccc3)cs2)c(F)cc1F. The monoisotopic (exact) mass is 416 g/mol. The van der Waals surface area contributed by atoms with Gasteiger partial charge >= 0.3 is 6.03 Å². The number of anilines is 2. The van der Waals surface area contributed by atoms with Gasteiger partial charge in [-0.1, -0.05) is 30.3 Å². The van der Waals surface area contributed by atoms with Crippen molar-refractivity contribution in [3.8, 4) is 11.3 Å². The lowest BCUT2D eigenvalue weighted by molar-refractivity contribution is -0.114. The second kappa shape index (κ2) is 8.78. The van der Waals surface area contributed by atoms with E-state index in [0.717, 1.165) is 17.3 Å². The number of benzene rings is 2. The predicted octanol–water partition coefficient (Wildman–Crippen LogP) is 4.93.